The first-order chi connectivity index (χ1) is 16.7. The molecule has 4 heterocycles. The molecule has 0 saturated heterocycles. The lowest BCUT2D eigenvalue weighted by molar-refractivity contribution is -0.116. The lowest BCUT2D eigenvalue weighted by Crippen LogP contribution is -2.18. The van der Waals surface area contributed by atoms with Crippen LogP contribution in [0.15, 0.2) is 60.8 Å². The zero-order valence-electron chi connectivity index (χ0n) is 18.4. The fourth-order valence-electron chi connectivity index (χ4n) is 4.12. The van der Waals surface area contributed by atoms with Gasteiger partial charge < -0.3 is 14.8 Å². The molecule has 168 valence electrons. The Morgan fingerprint density at radius 3 is 2.88 bits per heavy atom. The zero-order valence-corrected chi connectivity index (χ0v) is 18.4. The molecule has 3 aromatic heterocycles. The second kappa shape index (κ2) is 8.11. The van der Waals surface area contributed by atoms with Crippen molar-refractivity contribution in [3.63, 3.8) is 0 Å². The minimum absolute atomic E-state index is 0.0510. The molecule has 1 aliphatic heterocycles. The fraction of sp³-hybridized carbons (Fsp3) is 0.160. The molecule has 1 aliphatic rings. The van der Waals surface area contributed by atoms with Crippen molar-refractivity contribution in [2.24, 2.45) is 0 Å². The number of carbonyl (C=O) groups is 1. The highest BCUT2D eigenvalue weighted by atomic mass is 16.5. The first-order valence-corrected chi connectivity index (χ1v) is 10.9. The average molecular weight is 452 g/mol. The summed E-state index contributed by atoms with van der Waals surface area (Å²) in [6, 6.07) is 17.2. The zero-order chi connectivity index (χ0) is 23.1. The summed E-state index contributed by atoms with van der Waals surface area (Å²) < 4.78 is 13.1. The van der Waals surface area contributed by atoms with Crippen molar-refractivity contribution >= 4 is 28.1 Å². The number of benzene rings is 2. The molecule has 2 aromatic carbocycles. The van der Waals surface area contributed by atoms with Crippen LogP contribution in [0.5, 0.6) is 11.5 Å². The van der Waals surface area contributed by atoms with Crippen molar-refractivity contribution in [3.8, 4) is 22.8 Å². The van der Waals surface area contributed by atoms with Gasteiger partial charge in [0.05, 0.1) is 18.3 Å². The third kappa shape index (κ3) is 3.57. The fourth-order valence-corrected chi connectivity index (χ4v) is 4.12. The maximum atomic E-state index is 11.6. The highest BCUT2D eigenvalue weighted by molar-refractivity contribution is 5.94. The molecule has 5 aromatic rings. The topological polar surface area (TPSA) is 104 Å². The van der Waals surface area contributed by atoms with E-state index in [1.807, 2.05) is 48.5 Å². The molecule has 0 fully saturated rings. The largest absolute Gasteiger partial charge is 0.497 e. The van der Waals surface area contributed by atoms with E-state index in [0.717, 1.165) is 39.2 Å². The number of methoxy groups -OCH3 is 1. The Morgan fingerprint density at radius 2 is 1.97 bits per heavy atom. The van der Waals surface area contributed by atoms with Gasteiger partial charge in [0.25, 0.3) is 0 Å². The number of pyridine rings is 1. The van der Waals surface area contributed by atoms with Gasteiger partial charge in [-0.1, -0.05) is 6.07 Å². The Bertz CT molecular complexity index is 1560. The summed E-state index contributed by atoms with van der Waals surface area (Å²) in [7, 11) is 1.63. The van der Waals surface area contributed by atoms with E-state index < -0.39 is 0 Å². The van der Waals surface area contributed by atoms with Gasteiger partial charge in [-0.05, 0) is 54.4 Å². The van der Waals surface area contributed by atoms with Gasteiger partial charge in [-0.2, -0.15) is 9.61 Å². The van der Waals surface area contributed by atoms with Crippen molar-refractivity contribution in [2.75, 3.05) is 12.4 Å². The summed E-state index contributed by atoms with van der Waals surface area (Å²) in [5.74, 6) is 2.06. The number of aryl methyl sites for hydroxylation is 1. The number of nitrogens with one attached hydrogen (secondary N) is 1. The standard InChI is InChI=1S/C25H20N6O3/c1-33-17-4-5-18-21(13-17)26-11-10-22(18)34-14-24-29-28-23-8-7-20(30-31(23)24)16-2-6-19-15(12-16)3-9-25(32)27-19/h2,4-8,10-13H,3,9,14H2,1H3,(H,27,32). The summed E-state index contributed by atoms with van der Waals surface area (Å²) in [5.41, 5.74) is 5.14. The Kier molecular flexibility index (Phi) is 4.80. The minimum atomic E-state index is 0.0510. The highest BCUT2D eigenvalue weighted by Gasteiger charge is 2.16. The summed E-state index contributed by atoms with van der Waals surface area (Å²) in [6.07, 6.45) is 2.91. The maximum absolute atomic E-state index is 11.6. The van der Waals surface area contributed by atoms with Gasteiger partial charge in [0.15, 0.2) is 11.5 Å². The number of hydrogen-bond donors (Lipinski definition) is 1. The summed E-state index contributed by atoms with van der Waals surface area (Å²) in [4.78, 5) is 16.0. The Labute approximate surface area is 194 Å². The van der Waals surface area contributed by atoms with E-state index in [-0.39, 0.29) is 12.5 Å². The van der Waals surface area contributed by atoms with Gasteiger partial charge in [0.2, 0.25) is 5.91 Å². The molecule has 0 bridgehead atoms. The summed E-state index contributed by atoms with van der Waals surface area (Å²) in [6.45, 7) is 0.193. The molecule has 0 saturated carbocycles. The first-order valence-electron chi connectivity index (χ1n) is 10.9. The Hall–Kier alpha value is -4.53. The van der Waals surface area contributed by atoms with Crippen LogP contribution in [-0.2, 0) is 17.8 Å². The minimum Gasteiger partial charge on any atom is -0.497 e. The molecule has 9 heteroatoms. The average Bonchev–Trinajstić information content (AvgIpc) is 3.29. The first kappa shape index (κ1) is 20.1. The van der Waals surface area contributed by atoms with Gasteiger partial charge in [-0.15, -0.1) is 10.2 Å². The summed E-state index contributed by atoms with van der Waals surface area (Å²) in [5, 5.41) is 17.1. The lowest BCUT2D eigenvalue weighted by Gasteiger charge is -2.17. The predicted octanol–water partition coefficient (Wildman–Crippen LogP) is 3.81. The van der Waals surface area contributed by atoms with Crippen LogP contribution >= 0.6 is 0 Å². The smallest absolute Gasteiger partial charge is 0.224 e. The van der Waals surface area contributed by atoms with Gasteiger partial charge >= 0.3 is 0 Å². The molecule has 34 heavy (non-hydrogen) atoms. The number of carbonyl (C=O) groups excluding carboxylic acids is 1. The molecule has 0 atom stereocenters. The molecule has 1 amide bonds. The number of anilines is 1. The number of ether oxygens (including phenoxy) is 2. The van der Waals surface area contributed by atoms with Gasteiger partial charge in [-0.25, -0.2) is 0 Å². The quantitative estimate of drug-likeness (QED) is 0.432. The molecule has 9 nitrogen and oxygen atoms in total. The van der Waals surface area contributed by atoms with E-state index in [0.29, 0.717) is 30.1 Å². The molecule has 6 rings (SSSR count). The number of nitrogens with zero attached hydrogens (tertiary/aromatic N) is 5. The van der Waals surface area contributed by atoms with Gasteiger partial charge in [0, 0.05) is 35.3 Å². The SMILES string of the molecule is COc1ccc2c(OCc3nnc4ccc(-c5ccc6c(c5)CCC(=O)N6)nn34)ccnc2c1. The predicted molar refractivity (Wildman–Crippen MR) is 126 cm³/mol. The van der Waals surface area contributed by atoms with E-state index in [1.165, 1.54) is 0 Å². The third-order valence-electron chi connectivity index (χ3n) is 5.89. The monoisotopic (exact) mass is 452 g/mol. The Balaban J connectivity index is 1.29. The van der Waals surface area contributed by atoms with Crippen molar-refractivity contribution in [1.29, 1.82) is 0 Å². The summed E-state index contributed by atoms with van der Waals surface area (Å²) >= 11 is 0. The number of rotatable bonds is 5. The highest BCUT2D eigenvalue weighted by Crippen LogP contribution is 2.29. The van der Waals surface area contributed by atoms with Crippen LogP contribution in [-0.4, -0.2) is 37.8 Å². The normalized spacial score (nSPS) is 13.0. The second-order valence-electron chi connectivity index (χ2n) is 8.01. The number of aromatic nitrogens is 5. The number of hydrogen-bond acceptors (Lipinski definition) is 7. The van der Waals surface area contributed by atoms with Crippen molar-refractivity contribution in [3.05, 3.63) is 72.2 Å². The van der Waals surface area contributed by atoms with Crippen molar-refractivity contribution in [2.45, 2.75) is 19.4 Å². The molecular weight excluding hydrogens is 432 g/mol. The van der Waals surface area contributed by atoms with Crippen LogP contribution < -0.4 is 14.8 Å². The molecule has 0 spiro atoms. The van der Waals surface area contributed by atoms with Crippen LogP contribution in [0.2, 0.25) is 0 Å². The van der Waals surface area contributed by atoms with Crippen molar-refractivity contribution in [1.82, 2.24) is 24.8 Å². The van der Waals surface area contributed by atoms with E-state index in [9.17, 15) is 4.79 Å². The van der Waals surface area contributed by atoms with Gasteiger partial charge in [-0.3, -0.25) is 9.78 Å². The van der Waals surface area contributed by atoms with Crippen LogP contribution in [0, 0.1) is 0 Å². The maximum Gasteiger partial charge on any atom is 0.224 e. The van der Waals surface area contributed by atoms with Crippen LogP contribution in [0.25, 0.3) is 27.8 Å². The van der Waals surface area contributed by atoms with Gasteiger partial charge in [0.1, 0.15) is 18.1 Å². The van der Waals surface area contributed by atoms with E-state index in [2.05, 4.69) is 26.6 Å². The molecule has 1 N–H and O–H groups in total. The lowest BCUT2D eigenvalue weighted by atomic mass is 9.99. The molecule has 0 unspecified atom stereocenters. The second-order valence-corrected chi connectivity index (χ2v) is 8.01. The van der Waals surface area contributed by atoms with E-state index >= 15 is 0 Å². The number of amides is 1. The third-order valence-corrected chi connectivity index (χ3v) is 5.89. The molecule has 0 radical (unpaired) electrons. The van der Waals surface area contributed by atoms with Crippen LogP contribution in [0.1, 0.15) is 17.8 Å². The van der Waals surface area contributed by atoms with E-state index in [4.69, 9.17) is 14.6 Å². The Morgan fingerprint density at radius 1 is 1.03 bits per heavy atom. The van der Waals surface area contributed by atoms with Crippen LogP contribution in [0.3, 0.4) is 0 Å². The van der Waals surface area contributed by atoms with E-state index in [1.54, 1.807) is 17.8 Å². The molecular formula is C25H20N6O3. The number of fused-ring (bicyclic) bond motifs is 3. The molecule has 0 aliphatic carbocycles. The van der Waals surface area contributed by atoms with Crippen LogP contribution in [0.4, 0.5) is 5.69 Å². The van der Waals surface area contributed by atoms with Crippen molar-refractivity contribution < 1.29 is 14.3 Å².